The highest BCUT2D eigenvalue weighted by Gasteiger charge is 1.97. The number of aliphatic hydroxyl groups is 1. The van der Waals surface area contributed by atoms with Crippen LogP contribution in [0.2, 0.25) is 0 Å². The molecule has 8 heavy (non-hydrogen) atoms. The summed E-state index contributed by atoms with van der Waals surface area (Å²) in [5.41, 5.74) is -0.500. The second kappa shape index (κ2) is 4.85. The van der Waals surface area contributed by atoms with Crippen LogP contribution in [0, 0.1) is 0 Å². The number of hydrogen-bond donors (Lipinski definition) is 1. The third kappa shape index (κ3) is 1400. The van der Waals surface area contributed by atoms with Crippen LogP contribution in [0.15, 0.2) is 12.7 Å². The third-order valence-corrected chi connectivity index (χ3v) is 0. The summed E-state index contributed by atoms with van der Waals surface area (Å²) in [5, 5.41) is 8.52. The largest absolute Gasteiger partial charge is 0.391 e. The summed E-state index contributed by atoms with van der Waals surface area (Å²) < 4.78 is 0. The molecule has 0 saturated carbocycles. The Balaban J connectivity index is 0. The van der Waals surface area contributed by atoms with E-state index in [2.05, 4.69) is 6.58 Å². The van der Waals surface area contributed by atoms with Crippen LogP contribution in [0.5, 0.6) is 0 Å². The van der Waals surface area contributed by atoms with Gasteiger partial charge in [0.2, 0.25) is 0 Å². The maximum atomic E-state index is 8.52. The van der Waals surface area contributed by atoms with E-state index in [1.807, 2.05) is 6.92 Å². The Morgan fingerprint density at radius 1 is 1.38 bits per heavy atom. The van der Waals surface area contributed by atoms with E-state index in [0.717, 1.165) is 0 Å². The summed E-state index contributed by atoms with van der Waals surface area (Å²) >= 11 is 0. The van der Waals surface area contributed by atoms with Crippen LogP contribution in [-0.4, -0.2) is 10.7 Å². The molecule has 50 valence electrons. The Hall–Kier alpha value is -0.300. The van der Waals surface area contributed by atoms with Crippen molar-refractivity contribution < 1.29 is 5.11 Å². The maximum Gasteiger partial charge on any atom is 0.0563 e. The lowest BCUT2D eigenvalue weighted by molar-refractivity contribution is 0.102. The average Bonchev–Trinajstić information content (AvgIpc) is 1.27. The molecule has 0 aliphatic rings. The van der Waals surface area contributed by atoms with E-state index >= 15 is 0 Å². The topological polar surface area (TPSA) is 20.2 Å². The van der Waals surface area contributed by atoms with Crippen LogP contribution in [0.4, 0.5) is 0 Å². The lowest BCUT2D eigenvalue weighted by Crippen LogP contribution is -2.10. The van der Waals surface area contributed by atoms with Crippen molar-refractivity contribution in [3.8, 4) is 0 Å². The van der Waals surface area contributed by atoms with Gasteiger partial charge in [0.15, 0.2) is 0 Å². The summed E-state index contributed by atoms with van der Waals surface area (Å²) in [6.45, 7) is 10.5. The van der Waals surface area contributed by atoms with Gasteiger partial charge in [-0.3, -0.25) is 0 Å². The van der Waals surface area contributed by atoms with Gasteiger partial charge < -0.3 is 5.11 Å². The minimum Gasteiger partial charge on any atom is -0.391 e. The van der Waals surface area contributed by atoms with Crippen molar-refractivity contribution in [2.45, 2.75) is 33.3 Å². The van der Waals surface area contributed by atoms with Crippen LogP contribution >= 0.6 is 0 Å². The van der Waals surface area contributed by atoms with Gasteiger partial charge in [0.05, 0.1) is 5.60 Å². The molecule has 0 aromatic rings. The predicted molar refractivity (Wildman–Crippen MR) is 37.8 cm³/mol. The second-order valence-electron chi connectivity index (χ2n) is 2.58. The van der Waals surface area contributed by atoms with E-state index in [9.17, 15) is 0 Å². The molecule has 0 saturated heterocycles. The van der Waals surface area contributed by atoms with Gasteiger partial charge in [0, 0.05) is 0 Å². The number of rotatable bonds is 0. The molecule has 0 radical (unpaired) electrons. The lowest BCUT2D eigenvalue weighted by atomic mass is 10.2. The molecule has 0 rings (SSSR count). The van der Waals surface area contributed by atoms with Crippen LogP contribution in [-0.2, 0) is 0 Å². The van der Waals surface area contributed by atoms with Gasteiger partial charge in [-0.05, 0) is 27.7 Å². The minimum atomic E-state index is -0.500. The molecule has 0 aliphatic carbocycles. The molecule has 0 bridgehead atoms. The first-order valence-electron chi connectivity index (χ1n) is 2.71. The van der Waals surface area contributed by atoms with Gasteiger partial charge in [0.25, 0.3) is 0 Å². The van der Waals surface area contributed by atoms with E-state index in [4.69, 9.17) is 5.11 Å². The van der Waals surface area contributed by atoms with Crippen molar-refractivity contribution in [1.29, 1.82) is 0 Å². The van der Waals surface area contributed by atoms with Crippen LogP contribution in [0.25, 0.3) is 0 Å². The molecule has 0 heterocycles. The zero-order valence-electron chi connectivity index (χ0n) is 6.23. The van der Waals surface area contributed by atoms with E-state index in [0.29, 0.717) is 0 Å². The zero-order valence-corrected chi connectivity index (χ0v) is 6.23. The first-order chi connectivity index (χ1) is 3.41. The fraction of sp³-hybridized carbons (Fsp3) is 0.714. The minimum absolute atomic E-state index is 0.500. The highest BCUT2D eigenvalue weighted by Crippen LogP contribution is 1.93. The van der Waals surface area contributed by atoms with Crippen molar-refractivity contribution in [2.75, 3.05) is 0 Å². The van der Waals surface area contributed by atoms with Gasteiger partial charge in [0.1, 0.15) is 0 Å². The Bertz CT molecular complexity index is 43.9. The van der Waals surface area contributed by atoms with Gasteiger partial charge in [-0.2, -0.15) is 0 Å². The van der Waals surface area contributed by atoms with Gasteiger partial charge in [-0.1, -0.05) is 6.08 Å². The summed E-state index contributed by atoms with van der Waals surface area (Å²) in [5.74, 6) is 0. The fourth-order valence-electron chi connectivity index (χ4n) is 0. The summed E-state index contributed by atoms with van der Waals surface area (Å²) in [7, 11) is 0. The van der Waals surface area contributed by atoms with Gasteiger partial charge >= 0.3 is 0 Å². The molecular weight excluding hydrogens is 100 g/mol. The Morgan fingerprint density at radius 2 is 1.38 bits per heavy atom. The summed E-state index contributed by atoms with van der Waals surface area (Å²) in [4.78, 5) is 0. The zero-order chi connectivity index (χ0) is 7.21. The third-order valence-electron chi connectivity index (χ3n) is 0. The fourth-order valence-corrected chi connectivity index (χ4v) is 0. The molecule has 1 N–H and O–H groups in total. The predicted octanol–water partition coefficient (Wildman–Crippen LogP) is 1.97. The monoisotopic (exact) mass is 116 g/mol. The molecular formula is C7H16O. The SMILES string of the molecule is C=CC.CC(C)(C)O. The van der Waals surface area contributed by atoms with Gasteiger partial charge in [-0.25, -0.2) is 0 Å². The van der Waals surface area contributed by atoms with Crippen LogP contribution in [0.3, 0.4) is 0 Å². The van der Waals surface area contributed by atoms with Crippen LogP contribution < -0.4 is 0 Å². The quantitative estimate of drug-likeness (QED) is 0.480. The number of hydrogen-bond acceptors (Lipinski definition) is 1. The van der Waals surface area contributed by atoms with Gasteiger partial charge in [-0.15, -0.1) is 6.58 Å². The maximum absolute atomic E-state index is 8.52. The lowest BCUT2D eigenvalue weighted by Gasteiger charge is -2.04. The van der Waals surface area contributed by atoms with E-state index in [1.165, 1.54) is 0 Å². The molecule has 0 unspecified atom stereocenters. The molecule has 0 aromatic carbocycles. The molecule has 1 nitrogen and oxygen atoms in total. The normalized spacial score (nSPS) is 9.12. The Labute approximate surface area is 52.0 Å². The first kappa shape index (κ1) is 10.6. The van der Waals surface area contributed by atoms with E-state index in [-0.39, 0.29) is 0 Å². The summed E-state index contributed by atoms with van der Waals surface area (Å²) in [6.07, 6.45) is 1.75. The standard InChI is InChI=1S/C4H10O.C3H6/c1-4(2,3)5;1-3-2/h5H,1-3H3;3H,1H2,2H3. The molecule has 1 heteroatoms. The van der Waals surface area contributed by atoms with Crippen molar-refractivity contribution in [3.05, 3.63) is 12.7 Å². The molecule has 0 amide bonds. The van der Waals surface area contributed by atoms with Crippen molar-refractivity contribution in [3.63, 3.8) is 0 Å². The van der Waals surface area contributed by atoms with Crippen molar-refractivity contribution >= 4 is 0 Å². The smallest absolute Gasteiger partial charge is 0.0563 e. The Kier molecular flexibility index (Phi) is 6.45. The van der Waals surface area contributed by atoms with E-state index < -0.39 is 5.60 Å². The van der Waals surface area contributed by atoms with Crippen LogP contribution in [0.1, 0.15) is 27.7 Å². The second-order valence-corrected chi connectivity index (χ2v) is 2.58. The molecule has 0 fully saturated rings. The number of allylic oxidation sites excluding steroid dienone is 1. The molecule has 0 aliphatic heterocycles. The first-order valence-corrected chi connectivity index (χ1v) is 2.71. The summed E-state index contributed by atoms with van der Waals surface area (Å²) in [6, 6.07) is 0. The average molecular weight is 116 g/mol. The molecule has 0 spiro atoms. The highest BCUT2D eigenvalue weighted by atomic mass is 16.3. The van der Waals surface area contributed by atoms with Crippen molar-refractivity contribution in [2.24, 2.45) is 0 Å². The molecule has 0 aromatic heterocycles. The van der Waals surface area contributed by atoms with E-state index in [1.54, 1.807) is 26.8 Å². The highest BCUT2D eigenvalue weighted by molar-refractivity contribution is 4.51. The Morgan fingerprint density at radius 3 is 1.38 bits per heavy atom. The molecule has 0 atom stereocenters. The van der Waals surface area contributed by atoms with Crippen molar-refractivity contribution in [1.82, 2.24) is 0 Å².